The summed E-state index contributed by atoms with van der Waals surface area (Å²) in [5, 5.41) is 28.0. The first kappa shape index (κ1) is 17.6. The van der Waals surface area contributed by atoms with E-state index in [2.05, 4.69) is 8.92 Å². The first-order chi connectivity index (χ1) is 8.94. The molecule has 0 amide bonds. The van der Waals surface area contributed by atoms with Crippen LogP contribution in [0, 0.1) is 0 Å². The van der Waals surface area contributed by atoms with E-state index in [1.807, 2.05) is 0 Å². The summed E-state index contributed by atoms with van der Waals surface area (Å²) in [5.74, 6) is 0. The minimum atomic E-state index is -5.12. The molecule has 20 heavy (non-hydrogen) atoms. The predicted molar refractivity (Wildman–Crippen MR) is 58.9 cm³/mol. The lowest BCUT2D eigenvalue weighted by atomic mass is 9.98. The number of hydrogen-bond donors (Lipinski definition) is 6. The fraction of sp³-hybridized carbons (Fsp3) is 1.00. The Labute approximate surface area is 113 Å². The molecule has 0 aromatic heterocycles. The van der Waals surface area contributed by atoms with Crippen LogP contribution in [0.1, 0.15) is 0 Å². The van der Waals surface area contributed by atoms with E-state index >= 15 is 0 Å². The fourth-order valence-electron chi connectivity index (χ4n) is 1.64. The van der Waals surface area contributed by atoms with Crippen molar-refractivity contribution in [2.75, 3.05) is 6.61 Å². The van der Waals surface area contributed by atoms with Crippen molar-refractivity contribution in [1.82, 2.24) is 4.72 Å². The third-order valence-electron chi connectivity index (χ3n) is 2.39. The van der Waals surface area contributed by atoms with Crippen LogP contribution in [0.5, 0.6) is 0 Å². The molecule has 0 radical (unpaired) electrons. The Morgan fingerprint density at radius 2 is 1.70 bits per heavy atom. The zero-order valence-corrected chi connectivity index (χ0v) is 11.2. The predicted octanol–water partition coefficient (Wildman–Crippen LogP) is -3.99. The molecule has 14 heteroatoms. The molecule has 1 saturated heterocycles. The molecule has 1 fully saturated rings. The quantitative estimate of drug-likeness (QED) is 0.267. The monoisotopic (exact) mass is 339 g/mol. The third-order valence-corrected chi connectivity index (χ3v) is 3.43. The van der Waals surface area contributed by atoms with Gasteiger partial charge >= 0.3 is 20.7 Å². The molecule has 0 spiro atoms. The van der Waals surface area contributed by atoms with Crippen LogP contribution in [0.15, 0.2) is 0 Å². The van der Waals surface area contributed by atoms with Crippen LogP contribution in [0.25, 0.3) is 0 Å². The summed E-state index contributed by atoms with van der Waals surface area (Å²) in [7, 11) is -10.0. The van der Waals surface area contributed by atoms with E-state index in [1.54, 1.807) is 0 Å². The van der Waals surface area contributed by atoms with Gasteiger partial charge in [-0.2, -0.15) is 21.6 Å². The largest absolute Gasteiger partial charge is 0.397 e. The highest BCUT2D eigenvalue weighted by Crippen LogP contribution is 2.24. The third kappa shape index (κ3) is 4.85. The van der Waals surface area contributed by atoms with Crippen molar-refractivity contribution in [3.63, 3.8) is 0 Å². The summed E-state index contributed by atoms with van der Waals surface area (Å²) in [4.78, 5) is 0. The molecule has 0 aromatic rings. The topological polar surface area (TPSA) is 200 Å². The first-order valence-electron chi connectivity index (χ1n) is 4.97. The van der Waals surface area contributed by atoms with Crippen molar-refractivity contribution < 1.29 is 50.2 Å². The van der Waals surface area contributed by atoms with E-state index in [4.69, 9.17) is 14.2 Å². The van der Waals surface area contributed by atoms with E-state index < -0.39 is 58.0 Å². The van der Waals surface area contributed by atoms with E-state index in [0.717, 1.165) is 0 Å². The van der Waals surface area contributed by atoms with Crippen LogP contribution >= 0.6 is 0 Å². The lowest BCUT2D eigenvalue weighted by Crippen LogP contribution is -2.65. The van der Waals surface area contributed by atoms with Gasteiger partial charge in [-0.25, -0.2) is 4.18 Å². The van der Waals surface area contributed by atoms with Crippen LogP contribution in [0.2, 0.25) is 0 Å². The molecule has 0 unspecified atom stereocenters. The van der Waals surface area contributed by atoms with E-state index in [1.165, 1.54) is 4.72 Å². The lowest BCUT2D eigenvalue weighted by Gasteiger charge is -2.40. The lowest BCUT2D eigenvalue weighted by molar-refractivity contribution is -0.247. The molecule has 120 valence electrons. The van der Waals surface area contributed by atoms with Gasteiger partial charge in [0.2, 0.25) is 0 Å². The number of ether oxygens (including phenoxy) is 1. The number of aliphatic hydroxyl groups excluding tert-OH is 3. The molecule has 1 heterocycles. The van der Waals surface area contributed by atoms with Gasteiger partial charge in [0.25, 0.3) is 0 Å². The van der Waals surface area contributed by atoms with Gasteiger partial charge in [0.1, 0.15) is 24.4 Å². The Morgan fingerprint density at radius 3 is 2.10 bits per heavy atom. The van der Waals surface area contributed by atoms with Crippen LogP contribution in [-0.4, -0.2) is 78.5 Å². The van der Waals surface area contributed by atoms with Gasteiger partial charge in [-0.3, -0.25) is 9.11 Å². The van der Waals surface area contributed by atoms with Gasteiger partial charge in [0.15, 0.2) is 6.29 Å². The summed E-state index contributed by atoms with van der Waals surface area (Å²) < 4.78 is 69.9. The summed E-state index contributed by atoms with van der Waals surface area (Å²) >= 11 is 0. The van der Waals surface area contributed by atoms with Gasteiger partial charge in [0, 0.05) is 0 Å². The summed E-state index contributed by atoms with van der Waals surface area (Å²) in [5.41, 5.74) is 0. The number of hydrogen-bond acceptors (Lipinski definition) is 9. The van der Waals surface area contributed by atoms with Gasteiger partial charge in [-0.15, -0.1) is 0 Å². The second-order valence-electron chi connectivity index (χ2n) is 3.85. The van der Waals surface area contributed by atoms with Crippen molar-refractivity contribution in [2.45, 2.75) is 30.6 Å². The zero-order chi connectivity index (χ0) is 15.7. The molecule has 6 N–H and O–H groups in total. The maximum absolute atomic E-state index is 10.7. The summed E-state index contributed by atoms with van der Waals surface area (Å²) in [6, 6.07) is -1.95. The molecule has 0 aliphatic carbocycles. The Morgan fingerprint density at radius 1 is 1.15 bits per heavy atom. The highest BCUT2D eigenvalue weighted by molar-refractivity contribution is 7.83. The van der Waals surface area contributed by atoms with Crippen molar-refractivity contribution >= 4 is 20.7 Å². The summed E-state index contributed by atoms with van der Waals surface area (Å²) in [6.07, 6.45) is -7.54. The molecule has 0 saturated carbocycles. The van der Waals surface area contributed by atoms with Crippen molar-refractivity contribution in [3.8, 4) is 0 Å². The Bertz CT molecular complexity index is 529. The molecule has 12 nitrogen and oxygen atoms in total. The maximum atomic E-state index is 10.7. The SMILES string of the molecule is O=S(=O)(O)N[C@@H]1[C@@H](OS(=O)(=O)O)[C@H](O)[C@@H](CO)O[C@@H]1O. The van der Waals surface area contributed by atoms with Crippen LogP contribution in [0.4, 0.5) is 0 Å². The van der Waals surface area contributed by atoms with E-state index in [0.29, 0.717) is 0 Å². The normalized spacial score (nSPS) is 36.0. The zero-order valence-electron chi connectivity index (χ0n) is 9.60. The smallest absolute Gasteiger partial charge is 0.394 e. The van der Waals surface area contributed by atoms with Crippen molar-refractivity contribution in [2.24, 2.45) is 0 Å². The second kappa shape index (κ2) is 6.14. The number of aliphatic hydroxyl groups is 3. The van der Waals surface area contributed by atoms with Crippen molar-refractivity contribution in [1.29, 1.82) is 0 Å². The molecule has 0 aromatic carbocycles. The average Bonchev–Trinajstić information content (AvgIpc) is 2.25. The molecular weight excluding hydrogens is 326 g/mol. The standard InChI is InChI=1S/C6H13NO11S2/c8-1-2-4(9)5(18-20(14,15)16)3(6(10)17-2)7-19(11,12)13/h2-10H,1H2,(H,11,12,13)(H,14,15,16)/t2-,3-,4-,5-,6+/m1/s1. The van der Waals surface area contributed by atoms with E-state index in [-0.39, 0.29) is 0 Å². The van der Waals surface area contributed by atoms with Gasteiger partial charge in [-0.1, -0.05) is 0 Å². The van der Waals surface area contributed by atoms with Gasteiger partial charge in [-0.05, 0) is 0 Å². The molecule has 0 bridgehead atoms. The highest BCUT2D eigenvalue weighted by atomic mass is 32.3. The van der Waals surface area contributed by atoms with Gasteiger partial charge < -0.3 is 20.1 Å². The first-order valence-corrected chi connectivity index (χ1v) is 7.78. The van der Waals surface area contributed by atoms with E-state index in [9.17, 15) is 27.0 Å². The van der Waals surface area contributed by atoms with Crippen LogP contribution < -0.4 is 4.72 Å². The fourth-order valence-corrected chi connectivity index (χ4v) is 2.74. The van der Waals surface area contributed by atoms with Gasteiger partial charge in [0.05, 0.1) is 6.61 Å². The average molecular weight is 339 g/mol. The molecule has 5 atom stereocenters. The maximum Gasteiger partial charge on any atom is 0.397 e. The highest BCUT2D eigenvalue weighted by Gasteiger charge is 2.48. The molecule has 1 aliphatic rings. The Hall–Kier alpha value is -0.420. The molecule has 1 rings (SSSR count). The Balaban J connectivity index is 3.09. The minimum Gasteiger partial charge on any atom is -0.394 e. The summed E-state index contributed by atoms with van der Waals surface area (Å²) in [6.45, 7) is -0.859. The second-order valence-corrected chi connectivity index (χ2v) is 6.08. The number of rotatable bonds is 5. The van der Waals surface area contributed by atoms with Crippen LogP contribution in [0.3, 0.4) is 0 Å². The molecule has 1 aliphatic heterocycles. The van der Waals surface area contributed by atoms with Crippen LogP contribution in [-0.2, 0) is 29.6 Å². The van der Waals surface area contributed by atoms with Crippen molar-refractivity contribution in [3.05, 3.63) is 0 Å². The Kier molecular flexibility index (Phi) is 5.41. The molecular formula is C6H13NO11S2. The minimum absolute atomic E-state index is 0.859. The number of nitrogens with one attached hydrogen (secondary N) is 1.